The molecule has 0 radical (unpaired) electrons. The Labute approximate surface area is 147 Å². The number of benzene rings is 2. The maximum atomic E-state index is 13.0. The van der Waals surface area contributed by atoms with Gasteiger partial charge in [0, 0.05) is 31.9 Å². The molecule has 0 aromatic heterocycles. The normalized spacial score (nSPS) is 16.2. The van der Waals surface area contributed by atoms with Crippen LogP contribution in [-0.4, -0.2) is 49.2 Å². The third-order valence-electron chi connectivity index (χ3n) is 4.33. The van der Waals surface area contributed by atoms with Crippen LogP contribution in [0.1, 0.15) is 11.6 Å². The first kappa shape index (κ1) is 17.3. The van der Waals surface area contributed by atoms with Crippen LogP contribution in [0, 0.1) is 0 Å². The number of carbonyl (C=O) groups is 1. The highest BCUT2D eigenvalue weighted by atomic mass is 16.5. The molecule has 1 amide bonds. The number of rotatable bonds is 5. The summed E-state index contributed by atoms with van der Waals surface area (Å²) < 4.78 is 5.21. The number of anilines is 1. The fourth-order valence-corrected chi connectivity index (χ4v) is 3.01. The van der Waals surface area contributed by atoms with E-state index in [1.165, 1.54) is 0 Å². The molecule has 1 atom stereocenters. The maximum absolute atomic E-state index is 13.0. The molecule has 6 heteroatoms. The molecule has 1 fully saturated rings. The Hall–Kier alpha value is -2.57. The average Bonchev–Trinajstić information content (AvgIpc) is 2.65. The summed E-state index contributed by atoms with van der Waals surface area (Å²) >= 11 is 0. The molecule has 0 aliphatic carbocycles. The van der Waals surface area contributed by atoms with Gasteiger partial charge in [0.1, 0.15) is 17.5 Å². The van der Waals surface area contributed by atoms with Gasteiger partial charge in [0.25, 0.3) is 0 Å². The standard InChI is InChI=1S/C19H23N3O3/c1-25-17-8-2-14(3-9-17)18(22-12-10-20-11-13-22)19(24)21-15-4-6-16(23)7-5-15/h2-9,18,20,23H,10-13H2,1H3,(H,21,24). The lowest BCUT2D eigenvalue weighted by atomic mass is 10.0. The molecule has 6 nitrogen and oxygen atoms in total. The number of aromatic hydroxyl groups is 1. The molecule has 0 spiro atoms. The SMILES string of the molecule is COc1ccc(C(C(=O)Nc2ccc(O)cc2)N2CCNCC2)cc1. The molecular formula is C19H23N3O3. The van der Waals surface area contributed by atoms with Gasteiger partial charge in [0.05, 0.1) is 7.11 Å². The number of phenols is 1. The van der Waals surface area contributed by atoms with Crippen LogP contribution in [0.15, 0.2) is 48.5 Å². The quantitative estimate of drug-likeness (QED) is 0.725. The molecule has 2 aromatic rings. The van der Waals surface area contributed by atoms with Crippen LogP contribution in [0.5, 0.6) is 11.5 Å². The van der Waals surface area contributed by atoms with E-state index in [1.807, 2.05) is 24.3 Å². The summed E-state index contributed by atoms with van der Waals surface area (Å²) in [7, 11) is 1.63. The number of piperazine rings is 1. The van der Waals surface area contributed by atoms with Crippen LogP contribution in [0.25, 0.3) is 0 Å². The highest BCUT2D eigenvalue weighted by Crippen LogP contribution is 2.25. The molecule has 1 aliphatic rings. The third kappa shape index (κ3) is 4.29. The van der Waals surface area contributed by atoms with Crippen molar-refractivity contribution in [3.63, 3.8) is 0 Å². The van der Waals surface area contributed by atoms with Gasteiger partial charge in [-0.05, 0) is 42.0 Å². The third-order valence-corrected chi connectivity index (χ3v) is 4.33. The lowest BCUT2D eigenvalue weighted by Crippen LogP contribution is -2.48. The van der Waals surface area contributed by atoms with Gasteiger partial charge in [0.15, 0.2) is 0 Å². The number of ether oxygens (including phenoxy) is 1. The number of methoxy groups -OCH3 is 1. The molecule has 1 unspecified atom stereocenters. The minimum atomic E-state index is -0.373. The largest absolute Gasteiger partial charge is 0.508 e. The summed E-state index contributed by atoms with van der Waals surface area (Å²) in [4.78, 5) is 15.2. The molecule has 3 N–H and O–H groups in total. The number of amides is 1. The van der Waals surface area contributed by atoms with E-state index in [0.29, 0.717) is 5.69 Å². The zero-order chi connectivity index (χ0) is 17.6. The van der Waals surface area contributed by atoms with Crippen molar-refractivity contribution >= 4 is 11.6 Å². The molecule has 2 aromatic carbocycles. The van der Waals surface area contributed by atoms with E-state index >= 15 is 0 Å². The van der Waals surface area contributed by atoms with Gasteiger partial charge in [-0.25, -0.2) is 0 Å². The van der Waals surface area contributed by atoms with Crippen LogP contribution in [0.4, 0.5) is 5.69 Å². The topological polar surface area (TPSA) is 73.8 Å². The number of nitrogens with one attached hydrogen (secondary N) is 2. The monoisotopic (exact) mass is 341 g/mol. The smallest absolute Gasteiger partial charge is 0.246 e. The molecule has 1 saturated heterocycles. The Morgan fingerprint density at radius 1 is 1.12 bits per heavy atom. The number of hydrogen-bond donors (Lipinski definition) is 3. The van der Waals surface area contributed by atoms with Gasteiger partial charge in [-0.3, -0.25) is 9.69 Å². The molecular weight excluding hydrogens is 318 g/mol. The summed E-state index contributed by atoms with van der Waals surface area (Å²) in [6.07, 6.45) is 0. The summed E-state index contributed by atoms with van der Waals surface area (Å²) in [5, 5.41) is 15.7. The zero-order valence-corrected chi connectivity index (χ0v) is 14.2. The number of phenolic OH excluding ortho intramolecular Hbond substituents is 1. The predicted molar refractivity (Wildman–Crippen MR) is 96.9 cm³/mol. The molecule has 1 heterocycles. The molecule has 0 saturated carbocycles. The Kier molecular flexibility index (Phi) is 5.53. The fraction of sp³-hybridized carbons (Fsp3) is 0.316. The van der Waals surface area contributed by atoms with E-state index in [9.17, 15) is 9.90 Å². The van der Waals surface area contributed by atoms with Crippen molar-refractivity contribution in [2.75, 3.05) is 38.6 Å². The van der Waals surface area contributed by atoms with Gasteiger partial charge < -0.3 is 20.5 Å². The van der Waals surface area contributed by atoms with Gasteiger partial charge in [-0.15, -0.1) is 0 Å². The highest BCUT2D eigenvalue weighted by Gasteiger charge is 2.28. The average molecular weight is 341 g/mol. The molecule has 132 valence electrons. The first-order valence-corrected chi connectivity index (χ1v) is 8.36. The molecule has 3 rings (SSSR count). The van der Waals surface area contributed by atoms with E-state index in [-0.39, 0.29) is 17.7 Å². The summed E-state index contributed by atoms with van der Waals surface area (Å²) in [6.45, 7) is 3.33. The van der Waals surface area contributed by atoms with Gasteiger partial charge in [-0.1, -0.05) is 12.1 Å². The van der Waals surface area contributed by atoms with Crippen molar-refractivity contribution in [3.8, 4) is 11.5 Å². The summed E-state index contributed by atoms with van der Waals surface area (Å²) in [6, 6.07) is 13.7. The minimum absolute atomic E-state index is 0.0854. The van der Waals surface area contributed by atoms with E-state index in [2.05, 4.69) is 15.5 Å². The second kappa shape index (κ2) is 8.00. The lowest BCUT2D eigenvalue weighted by molar-refractivity contribution is -0.121. The van der Waals surface area contributed by atoms with E-state index in [4.69, 9.17) is 4.74 Å². The summed E-state index contributed by atoms with van der Waals surface area (Å²) in [5.74, 6) is 0.853. The van der Waals surface area contributed by atoms with Gasteiger partial charge >= 0.3 is 0 Å². The highest BCUT2D eigenvalue weighted by molar-refractivity contribution is 5.95. The predicted octanol–water partition coefficient (Wildman–Crippen LogP) is 1.99. The maximum Gasteiger partial charge on any atom is 0.246 e. The molecule has 25 heavy (non-hydrogen) atoms. The molecule has 1 aliphatic heterocycles. The van der Waals surface area contributed by atoms with Crippen molar-refractivity contribution < 1.29 is 14.6 Å². The van der Waals surface area contributed by atoms with E-state index in [0.717, 1.165) is 37.5 Å². The van der Waals surface area contributed by atoms with Crippen LogP contribution in [0.3, 0.4) is 0 Å². The van der Waals surface area contributed by atoms with Crippen molar-refractivity contribution in [3.05, 3.63) is 54.1 Å². The second-order valence-corrected chi connectivity index (χ2v) is 6.00. The minimum Gasteiger partial charge on any atom is -0.508 e. The van der Waals surface area contributed by atoms with Crippen molar-refractivity contribution in [2.24, 2.45) is 0 Å². The first-order chi connectivity index (χ1) is 12.2. The van der Waals surface area contributed by atoms with E-state index < -0.39 is 0 Å². The van der Waals surface area contributed by atoms with Crippen molar-refractivity contribution in [2.45, 2.75) is 6.04 Å². The first-order valence-electron chi connectivity index (χ1n) is 8.36. The fourth-order valence-electron chi connectivity index (χ4n) is 3.01. The number of nitrogens with zero attached hydrogens (tertiary/aromatic N) is 1. The van der Waals surface area contributed by atoms with Crippen LogP contribution in [0.2, 0.25) is 0 Å². The van der Waals surface area contributed by atoms with Crippen LogP contribution in [-0.2, 0) is 4.79 Å². The lowest BCUT2D eigenvalue weighted by Gasteiger charge is -2.34. The van der Waals surface area contributed by atoms with E-state index in [1.54, 1.807) is 31.4 Å². The Morgan fingerprint density at radius 3 is 2.36 bits per heavy atom. The van der Waals surface area contributed by atoms with Gasteiger partial charge in [0.2, 0.25) is 5.91 Å². The zero-order valence-electron chi connectivity index (χ0n) is 14.2. The Bertz CT molecular complexity index is 695. The van der Waals surface area contributed by atoms with Crippen LogP contribution < -0.4 is 15.4 Å². The van der Waals surface area contributed by atoms with Crippen molar-refractivity contribution in [1.82, 2.24) is 10.2 Å². The Balaban J connectivity index is 1.83. The summed E-state index contributed by atoms with van der Waals surface area (Å²) in [5.41, 5.74) is 1.59. The molecule has 0 bridgehead atoms. The number of carbonyl (C=O) groups excluding carboxylic acids is 1. The second-order valence-electron chi connectivity index (χ2n) is 6.00. The Morgan fingerprint density at radius 2 is 1.76 bits per heavy atom. The van der Waals surface area contributed by atoms with Crippen molar-refractivity contribution in [1.29, 1.82) is 0 Å². The van der Waals surface area contributed by atoms with Crippen LogP contribution >= 0.6 is 0 Å². The number of hydrogen-bond acceptors (Lipinski definition) is 5. The van der Waals surface area contributed by atoms with Gasteiger partial charge in [-0.2, -0.15) is 0 Å².